The molecule has 0 saturated carbocycles. The largest absolute Gasteiger partial charge is 0.373 e. The van der Waals surface area contributed by atoms with Gasteiger partial charge in [0.1, 0.15) is 0 Å². The molecule has 2 fully saturated rings. The first-order valence-corrected chi connectivity index (χ1v) is 5.76. The number of hydrogen-bond acceptors (Lipinski definition) is 4. The van der Waals surface area contributed by atoms with E-state index in [1.807, 2.05) is 0 Å². The summed E-state index contributed by atoms with van der Waals surface area (Å²) in [5.74, 6) is 0. The molecular formula is C12H22N2O2. The van der Waals surface area contributed by atoms with Crippen LogP contribution in [0.3, 0.4) is 0 Å². The highest BCUT2D eigenvalue weighted by atomic mass is 16.2. The molecule has 0 aromatic heterocycles. The monoisotopic (exact) mass is 226 g/mol. The molecule has 0 bridgehead atoms. The minimum atomic E-state index is 0.250. The molecule has 0 radical (unpaired) electrons. The van der Waals surface area contributed by atoms with Gasteiger partial charge in [0.05, 0.1) is 0 Å². The van der Waals surface area contributed by atoms with Gasteiger partial charge in [-0.05, 0) is 40.8 Å². The van der Waals surface area contributed by atoms with Crippen molar-refractivity contribution in [3.63, 3.8) is 0 Å². The normalized spacial score (nSPS) is 24.5. The second-order valence-electron chi connectivity index (χ2n) is 6.10. The molecule has 1 spiro atoms. The van der Waals surface area contributed by atoms with Crippen molar-refractivity contribution in [2.75, 3.05) is 33.2 Å². The summed E-state index contributed by atoms with van der Waals surface area (Å²) in [5.41, 5.74) is 1.05. The Morgan fingerprint density at radius 2 is 1.62 bits per heavy atom. The van der Waals surface area contributed by atoms with Crippen molar-refractivity contribution in [1.82, 2.24) is 9.80 Å². The number of nitrogens with zero attached hydrogens (tertiary/aromatic N) is 2. The van der Waals surface area contributed by atoms with Gasteiger partial charge in [-0.2, -0.15) is 9.59 Å². The van der Waals surface area contributed by atoms with E-state index >= 15 is 0 Å². The number of rotatable bonds is 0. The molecule has 0 amide bonds. The molecule has 16 heavy (non-hydrogen) atoms. The minimum absolute atomic E-state index is 0.250. The molecular weight excluding hydrogens is 204 g/mol. The highest BCUT2D eigenvalue weighted by Crippen LogP contribution is 2.41. The third-order valence-electron chi connectivity index (χ3n) is 3.63. The lowest BCUT2D eigenvalue weighted by molar-refractivity contribution is -0.191. The van der Waals surface area contributed by atoms with Crippen LogP contribution in [0.1, 0.15) is 27.2 Å². The Labute approximate surface area is 97.6 Å². The third kappa shape index (κ3) is 2.91. The van der Waals surface area contributed by atoms with Crippen LogP contribution >= 0.6 is 0 Å². The maximum atomic E-state index is 8.12. The molecule has 0 aromatic carbocycles. The molecule has 0 aliphatic carbocycles. The summed E-state index contributed by atoms with van der Waals surface area (Å²) >= 11 is 0. The standard InChI is InChI=1S/C11H22N2.CO2/c1-10(2,3)13-8-11(9-13)5-6-12(4)7-11;2-1-3/h5-9H2,1-4H3;. The molecule has 2 heterocycles. The Morgan fingerprint density at radius 3 is 1.94 bits per heavy atom. The number of carbonyl (C=O) groups excluding carboxylic acids is 2. The van der Waals surface area contributed by atoms with Gasteiger partial charge in [0.25, 0.3) is 0 Å². The topological polar surface area (TPSA) is 40.6 Å². The Bertz CT molecular complexity index is 271. The quantitative estimate of drug-likeness (QED) is 0.613. The van der Waals surface area contributed by atoms with Gasteiger partial charge in [-0.3, -0.25) is 4.90 Å². The smallest absolute Gasteiger partial charge is 0.306 e. The van der Waals surface area contributed by atoms with Crippen molar-refractivity contribution in [3.8, 4) is 0 Å². The van der Waals surface area contributed by atoms with Gasteiger partial charge >= 0.3 is 6.15 Å². The van der Waals surface area contributed by atoms with Crippen LogP contribution in [0.2, 0.25) is 0 Å². The lowest BCUT2D eigenvalue weighted by Gasteiger charge is -2.54. The Morgan fingerprint density at radius 1 is 1.12 bits per heavy atom. The summed E-state index contributed by atoms with van der Waals surface area (Å²) in [6.45, 7) is 12.2. The van der Waals surface area contributed by atoms with Crippen molar-refractivity contribution in [2.45, 2.75) is 32.7 Å². The van der Waals surface area contributed by atoms with E-state index in [1.165, 1.54) is 32.6 Å². The van der Waals surface area contributed by atoms with Crippen LogP contribution in [-0.2, 0) is 9.59 Å². The van der Waals surface area contributed by atoms with Crippen LogP contribution in [0.5, 0.6) is 0 Å². The van der Waals surface area contributed by atoms with Gasteiger partial charge in [-0.25, -0.2) is 0 Å². The molecule has 0 aromatic rings. The minimum Gasteiger partial charge on any atom is -0.306 e. The molecule has 92 valence electrons. The highest BCUT2D eigenvalue weighted by Gasteiger charge is 2.49. The van der Waals surface area contributed by atoms with Gasteiger partial charge in [-0.1, -0.05) is 0 Å². The van der Waals surface area contributed by atoms with Crippen molar-refractivity contribution in [2.24, 2.45) is 5.41 Å². The van der Waals surface area contributed by atoms with Crippen molar-refractivity contribution in [1.29, 1.82) is 0 Å². The Kier molecular flexibility index (Phi) is 3.89. The summed E-state index contributed by atoms with van der Waals surface area (Å²) in [6.07, 6.45) is 1.66. The summed E-state index contributed by atoms with van der Waals surface area (Å²) in [7, 11) is 2.24. The molecule has 0 unspecified atom stereocenters. The number of likely N-dealkylation sites (tertiary alicyclic amines) is 2. The SMILES string of the molecule is CN1CCC2(C1)CN(C(C)(C)C)C2.O=C=O. The molecule has 2 rings (SSSR count). The van der Waals surface area contributed by atoms with E-state index < -0.39 is 0 Å². The summed E-state index contributed by atoms with van der Waals surface area (Å²) in [6, 6.07) is 0. The average molecular weight is 226 g/mol. The molecule has 2 aliphatic heterocycles. The van der Waals surface area contributed by atoms with Crippen molar-refractivity contribution in [3.05, 3.63) is 0 Å². The fourth-order valence-corrected chi connectivity index (χ4v) is 2.65. The lowest BCUT2D eigenvalue weighted by Crippen LogP contribution is -2.63. The predicted octanol–water partition coefficient (Wildman–Crippen LogP) is 0.839. The van der Waals surface area contributed by atoms with Gasteiger partial charge in [0, 0.05) is 30.6 Å². The van der Waals surface area contributed by atoms with E-state index in [0.29, 0.717) is 11.0 Å². The fraction of sp³-hybridized carbons (Fsp3) is 0.917. The van der Waals surface area contributed by atoms with E-state index in [-0.39, 0.29) is 6.15 Å². The summed E-state index contributed by atoms with van der Waals surface area (Å²) < 4.78 is 0. The molecule has 2 saturated heterocycles. The Hall–Kier alpha value is -0.700. The zero-order valence-corrected chi connectivity index (χ0v) is 10.7. The second kappa shape index (κ2) is 4.66. The van der Waals surface area contributed by atoms with E-state index in [2.05, 4.69) is 37.6 Å². The van der Waals surface area contributed by atoms with Crippen molar-refractivity contribution >= 4 is 6.15 Å². The molecule has 0 N–H and O–H groups in total. The second-order valence-corrected chi connectivity index (χ2v) is 6.10. The fourth-order valence-electron chi connectivity index (χ4n) is 2.65. The van der Waals surface area contributed by atoms with Gasteiger partial charge in [-0.15, -0.1) is 0 Å². The van der Waals surface area contributed by atoms with Gasteiger partial charge in [0.2, 0.25) is 0 Å². The molecule has 4 heteroatoms. The maximum absolute atomic E-state index is 8.12. The average Bonchev–Trinajstić information content (AvgIpc) is 2.44. The van der Waals surface area contributed by atoms with Crippen LogP contribution in [0.15, 0.2) is 0 Å². The first kappa shape index (κ1) is 13.4. The van der Waals surface area contributed by atoms with Gasteiger partial charge in [0.15, 0.2) is 0 Å². The van der Waals surface area contributed by atoms with E-state index in [1.54, 1.807) is 0 Å². The summed E-state index contributed by atoms with van der Waals surface area (Å²) in [4.78, 5) is 21.3. The first-order chi connectivity index (χ1) is 7.33. The van der Waals surface area contributed by atoms with Crippen LogP contribution in [0.4, 0.5) is 0 Å². The van der Waals surface area contributed by atoms with Crippen LogP contribution < -0.4 is 0 Å². The third-order valence-corrected chi connectivity index (χ3v) is 3.63. The van der Waals surface area contributed by atoms with E-state index in [9.17, 15) is 0 Å². The summed E-state index contributed by atoms with van der Waals surface area (Å²) in [5, 5.41) is 0. The van der Waals surface area contributed by atoms with Gasteiger partial charge < -0.3 is 4.90 Å². The van der Waals surface area contributed by atoms with Crippen molar-refractivity contribution < 1.29 is 9.59 Å². The van der Waals surface area contributed by atoms with Crippen LogP contribution in [-0.4, -0.2) is 54.7 Å². The maximum Gasteiger partial charge on any atom is 0.373 e. The first-order valence-electron chi connectivity index (χ1n) is 5.76. The predicted molar refractivity (Wildman–Crippen MR) is 60.9 cm³/mol. The Balaban J connectivity index is 0.000000386. The van der Waals surface area contributed by atoms with E-state index in [4.69, 9.17) is 9.59 Å². The van der Waals surface area contributed by atoms with Crippen LogP contribution in [0.25, 0.3) is 0 Å². The van der Waals surface area contributed by atoms with E-state index in [0.717, 1.165) is 0 Å². The zero-order chi connectivity index (χ0) is 12.4. The zero-order valence-electron chi connectivity index (χ0n) is 10.7. The number of hydrogen-bond donors (Lipinski definition) is 0. The molecule has 0 atom stereocenters. The lowest BCUT2D eigenvalue weighted by atomic mass is 9.76. The van der Waals surface area contributed by atoms with Crippen LogP contribution in [0, 0.1) is 5.41 Å². The molecule has 2 aliphatic rings. The highest BCUT2D eigenvalue weighted by molar-refractivity contribution is 5.20. The molecule has 4 nitrogen and oxygen atoms in total.